The summed E-state index contributed by atoms with van der Waals surface area (Å²) in [5.74, 6) is -0.977. The lowest BCUT2D eigenvalue weighted by Gasteiger charge is -2.32. The molecule has 33 heavy (non-hydrogen) atoms. The number of piperidine rings is 1. The Bertz CT molecular complexity index is 1020. The van der Waals surface area contributed by atoms with E-state index in [1.54, 1.807) is 11.0 Å². The minimum atomic E-state index is -0.433. The average molecular weight is 457 g/mol. The molecule has 3 rings (SSSR count). The predicted octanol–water partition coefficient (Wildman–Crippen LogP) is 3.42. The van der Waals surface area contributed by atoms with Crippen LogP contribution in [0.5, 0.6) is 0 Å². The fourth-order valence-corrected chi connectivity index (χ4v) is 3.50. The number of anilines is 2. The number of carbonyl (C=O) groups excluding carboxylic acids is 3. The van der Waals surface area contributed by atoms with Crippen LogP contribution in [0.15, 0.2) is 36.7 Å². The van der Waals surface area contributed by atoms with Crippen LogP contribution in [0.3, 0.4) is 0 Å². The van der Waals surface area contributed by atoms with Gasteiger partial charge in [0.05, 0.1) is 0 Å². The molecule has 0 radical (unpaired) electrons. The van der Waals surface area contributed by atoms with Crippen LogP contribution < -0.4 is 16.0 Å². The highest BCUT2D eigenvalue weighted by Crippen LogP contribution is 2.20. The standard InChI is InChI=1S/C23H29FN6O3/c1-23(2,3)14-18(31)29-20-19(25-9-10-26-20)21(32)27-16-7-11-30(12-8-16)22(33)28-17-6-4-5-15(24)13-17/h4-6,9-10,13,16H,7-8,11-12,14H2,1-3H3,(H,27,32)(H,28,33)(H,26,29,31). The van der Waals surface area contributed by atoms with Crippen LogP contribution in [-0.4, -0.2) is 51.8 Å². The van der Waals surface area contributed by atoms with Crippen molar-refractivity contribution in [2.45, 2.75) is 46.1 Å². The van der Waals surface area contributed by atoms with Crippen LogP contribution in [0, 0.1) is 11.2 Å². The maximum absolute atomic E-state index is 13.3. The summed E-state index contributed by atoms with van der Waals surface area (Å²) in [6, 6.07) is 5.23. The number of nitrogens with zero attached hydrogens (tertiary/aromatic N) is 3. The third-order valence-corrected chi connectivity index (χ3v) is 5.06. The van der Waals surface area contributed by atoms with Crippen molar-refractivity contribution in [1.29, 1.82) is 0 Å². The number of benzene rings is 1. The average Bonchev–Trinajstić information content (AvgIpc) is 2.73. The third kappa shape index (κ3) is 7.23. The molecule has 1 fully saturated rings. The van der Waals surface area contributed by atoms with Gasteiger partial charge in [0.2, 0.25) is 5.91 Å². The van der Waals surface area contributed by atoms with E-state index < -0.39 is 11.7 Å². The number of aromatic nitrogens is 2. The Kier molecular flexibility index (Phi) is 7.57. The lowest BCUT2D eigenvalue weighted by molar-refractivity contribution is -0.117. The highest BCUT2D eigenvalue weighted by molar-refractivity contribution is 6.01. The van der Waals surface area contributed by atoms with Crippen LogP contribution in [0.1, 0.15) is 50.5 Å². The zero-order valence-electron chi connectivity index (χ0n) is 19.0. The van der Waals surface area contributed by atoms with Gasteiger partial charge in [-0.3, -0.25) is 9.59 Å². The molecule has 0 atom stereocenters. The summed E-state index contributed by atoms with van der Waals surface area (Å²) in [6.45, 7) is 6.70. The summed E-state index contributed by atoms with van der Waals surface area (Å²) in [4.78, 5) is 47.3. The molecule has 1 aromatic heterocycles. The molecule has 1 saturated heterocycles. The smallest absolute Gasteiger partial charge is 0.321 e. The normalized spacial score (nSPS) is 14.5. The molecule has 1 aliphatic rings. The fourth-order valence-electron chi connectivity index (χ4n) is 3.50. The van der Waals surface area contributed by atoms with Crippen molar-refractivity contribution in [1.82, 2.24) is 20.2 Å². The van der Waals surface area contributed by atoms with Crippen molar-refractivity contribution in [3.8, 4) is 0 Å². The summed E-state index contributed by atoms with van der Waals surface area (Å²) in [5, 5.41) is 8.26. The van der Waals surface area contributed by atoms with Gasteiger partial charge in [-0.05, 0) is 36.5 Å². The molecular weight excluding hydrogens is 427 g/mol. The molecule has 0 spiro atoms. The minimum absolute atomic E-state index is 0.0473. The first-order chi connectivity index (χ1) is 15.6. The second kappa shape index (κ2) is 10.4. The Morgan fingerprint density at radius 1 is 1.09 bits per heavy atom. The highest BCUT2D eigenvalue weighted by atomic mass is 19.1. The monoisotopic (exact) mass is 456 g/mol. The molecule has 0 unspecified atom stereocenters. The summed E-state index contributed by atoms with van der Waals surface area (Å²) < 4.78 is 13.3. The number of urea groups is 1. The van der Waals surface area contributed by atoms with Crippen LogP contribution in [0.25, 0.3) is 0 Å². The minimum Gasteiger partial charge on any atom is -0.348 e. The molecule has 10 heteroatoms. The lowest BCUT2D eigenvalue weighted by Crippen LogP contribution is -2.48. The number of amides is 4. The Labute approximate surface area is 192 Å². The molecule has 1 aromatic carbocycles. The van der Waals surface area contributed by atoms with E-state index in [0.29, 0.717) is 31.6 Å². The molecule has 0 bridgehead atoms. The Morgan fingerprint density at radius 3 is 2.45 bits per heavy atom. The van der Waals surface area contributed by atoms with Crippen LogP contribution in [0.4, 0.5) is 20.7 Å². The van der Waals surface area contributed by atoms with Gasteiger partial charge in [0.15, 0.2) is 11.5 Å². The molecule has 4 amide bonds. The van der Waals surface area contributed by atoms with Crippen molar-refractivity contribution < 1.29 is 18.8 Å². The fraction of sp³-hybridized carbons (Fsp3) is 0.435. The van der Waals surface area contributed by atoms with Gasteiger partial charge in [-0.2, -0.15) is 0 Å². The van der Waals surface area contributed by atoms with E-state index in [9.17, 15) is 18.8 Å². The topological polar surface area (TPSA) is 116 Å². The van der Waals surface area contributed by atoms with Gasteiger partial charge in [0.1, 0.15) is 5.82 Å². The summed E-state index contributed by atoms with van der Waals surface area (Å²) in [6.07, 6.45) is 4.19. The first kappa shape index (κ1) is 24.1. The number of hydrogen-bond acceptors (Lipinski definition) is 5. The van der Waals surface area contributed by atoms with E-state index in [-0.39, 0.29) is 41.3 Å². The zero-order valence-corrected chi connectivity index (χ0v) is 19.0. The molecule has 176 valence electrons. The Morgan fingerprint density at radius 2 is 1.79 bits per heavy atom. The molecule has 2 heterocycles. The van der Waals surface area contributed by atoms with E-state index in [4.69, 9.17) is 0 Å². The number of rotatable bonds is 5. The van der Waals surface area contributed by atoms with Gasteiger partial charge in [0.25, 0.3) is 5.91 Å². The van der Waals surface area contributed by atoms with Gasteiger partial charge in [0, 0.05) is 43.6 Å². The number of hydrogen-bond donors (Lipinski definition) is 3. The van der Waals surface area contributed by atoms with Crippen molar-refractivity contribution in [2.24, 2.45) is 5.41 Å². The van der Waals surface area contributed by atoms with Crippen LogP contribution >= 0.6 is 0 Å². The van der Waals surface area contributed by atoms with E-state index >= 15 is 0 Å². The molecule has 0 aliphatic carbocycles. The molecular formula is C23H29FN6O3. The van der Waals surface area contributed by atoms with Crippen molar-refractivity contribution in [3.63, 3.8) is 0 Å². The summed E-state index contributed by atoms with van der Waals surface area (Å²) in [5.41, 5.74) is 0.231. The SMILES string of the molecule is CC(C)(C)CC(=O)Nc1nccnc1C(=O)NC1CCN(C(=O)Nc2cccc(F)c2)CC1. The largest absolute Gasteiger partial charge is 0.348 e. The van der Waals surface area contributed by atoms with Gasteiger partial charge in [-0.1, -0.05) is 26.8 Å². The first-order valence-corrected chi connectivity index (χ1v) is 10.8. The molecule has 2 aromatic rings. The van der Waals surface area contributed by atoms with Gasteiger partial charge >= 0.3 is 6.03 Å². The van der Waals surface area contributed by atoms with Crippen molar-refractivity contribution >= 4 is 29.4 Å². The number of halogens is 1. The molecule has 0 saturated carbocycles. The highest BCUT2D eigenvalue weighted by Gasteiger charge is 2.26. The van der Waals surface area contributed by atoms with E-state index in [1.165, 1.54) is 30.6 Å². The second-order valence-electron chi connectivity index (χ2n) is 9.21. The zero-order chi connectivity index (χ0) is 24.0. The van der Waals surface area contributed by atoms with E-state index in [1.807, 2.05) is 20.8 Å². The Balaban J connectivity index is 1.53. The summed E-state index contributed by atoms with van der Waals surface area (Å²) in [7, 11) is 0. The maximum Gasteiger partial charge on any atom is 0.321 e. The van der Waals surface area contributed by atoms with Crippen LogP contribution in [-0.2, 0) is 4.79 Å². The quantitative estimate of drug-likeness (QED) is 0.638. The molecule has 1 aliphatic heterocycles. The first-order valence-electron chi connectivity index (χ1n) is 10.8. The number of likely N-dealkylation sites (tertiary alicyclic amines) is 1. The second-order valence-corrected chi connectivity index (χ2v) is 9.21. The predicted molar refractivity (Wildman–Crippen MR) is 122 cm³/mol. The van der Waals surface area contributed by atoms with Gasteiger partial charge < -0.3 is 20.9 Å². The number of nitrogens with one attached hydrogen (secondary N) is 3. The van der Waals surface area contributed by atoms with Crippen molar-refractivity contribution in [2.75, 3.05) is 23.7 Å². The van der Waals surface area contributed by atoms with E-state index in [2.05, 4.69) is 25.9 Å². The Hall–Kier alpha value is -3.56. The molecule has 9 nitrogen and oxygen atoms in total. The molecule has 3 N–H and O–H groups in total. The van der Waals surface area contributed by atoms with Crippen molar-refractivity contribution in [3.05, 3.63) is 48.2 Å². The maximum atomic E-state index is 13.3. The van der Waals surface area contributed by atoms with Crippen LogP contribution in [0.2, 0.25) is 0 Å². The third-order valence-electron chi connectivity index (χ3n) is 5.06. The van der Waals surface area contributed by atoms with Gasteiger partial charge in [-0.25, -0.2) is 19.2 Å². The lowest BCUT2D eigenvalue weighted by atomic mass is 9.92. The van der Waals surface area contributed by atoms with E-state index in [0.717, 1.165) is 0 Å². The number of carbonyl (C=O) groups is 3. The summed E-state index contributed by atoms with van der Waals surface area (Å²) >= 11 is 0. The van der Waals surface area contributed by atoms with Gasteiger partial charge in [-0.15, -0.1) is 0 Å².